The highest BCUT2D eigenvalue weighted by Crippen LogP contribution is 2.33. The average Bonchev–Trinajstić information content (AvgIpc) is 2.39. The van der Waals surface area contributed by atoms with Crippen LogP contribution in [-0.2, 0) is 0 Å². The van der Waals surface area contributed by atoms with E-state index in [2.05, 4.69) is 11.8 Å². The van der Waals surface area contributed by atoms with Crippen LogP contribution >= 0.6 is 0 Å². The molecule has 17 heavy (non-hydrogen) atoms. The quantitative estimate of drug-likeness (QED) is 0.815. The van der Waals surface area contributed by atoms with E-state index < -0.39 is 0 Å². The number of aliphatic hydroxyl groups excluding tert-OH is 1. The van der Waals surface area contributed by atoms with Crippen molar-refractivity contribution in [2.45, 2.75) is 64.3 Å². The van der Waals surface area contributed by atoms with E-state index in [1.807, 2.05) is 0 Å². The van der Waals surface area contributed by atoms with Gasteiger partial charge in [-0.05, 0) is 50.5 Å². The van der Waals surface area contributed by atoms with Gasteiger partial charge in [-0.3, -0.25) is 4.90 Å². The van der Waals surface area contributed by atoms with Gasteiger partial charge in [0.05, 0.1) is 0 Å². The van der Waals surface area contributed by atoms with Gasteiger partial charge >= 0.3 is 0 Å². The van der Waals surface area contributed by atoms with E-state index in [1.54, 1.807) is 0 Å². The summed E-state index contributed by atoms with van der Waals surface area (Å²) in [4.78, 5) is 2.76. The summed E-state index contributed by atoms with van der Waals surface area (Å²) in [7, 11) is 0. The molecule has 3 atom stereocenters. The fraction of sp³-hybridized carbons (Fsp3) is 1.00. The lowest BCUT2D eigenvalue weighted by Gasteiger charge is -2.43. The summed E-state index contributed by atoms with van der Waals surface area (Å²) < 4.78 is 0. The average molecular weight is 239 g/mol. The van der Waals surface area contributed by atoms with Gasteiger partial charge in [-0.1, -0.05) is 26.2 Å². The maximum atomic E-state index is 9.09. The monoisotopic (exact) mass is 239 g/mol. The van der Waals surface area contributed by atoms with Crippen LogP contribution in [0.25, 0.3) is 0 Å². The summed E-state index contributed by atoms with van der Waals surface area (Å²) in [6.07, 6.45) is 10.8. The van der Waals surface area contributed by atoms with Crippen LogP contribution in [0.1, 0.15) is 58.3 Å². The Labute approximate surface area is 106 Å². The van der Waals surface area contributed by atoms with Crippen LogP contribution in [0, 0.1) is 11.8 Å². The maximum absolute atomic E-state index is 9.09. The van der Waals surface area contributed by atoms with Gasteiger partial charge in [0.2, 0.25) is 0 Å². The van der Waals surface area contributed by atoms with Crippen molar-refractivity contribution >= 4 is 0 Å². The third kappa shape index (κ3) is 3.45. The molecule has 1 saturated heterocycles. The molecule has 3 unspecified atom stereocenters. The molecular formula is C15H29NO. The van der Waals surface area contributed by atoms with Gasteiger partial charge in [0.1, 0.15) is 0 Å². The highest BCUT2D eigenvalue weighted by Gasteiger charge is 2.31. The van der Waals surface area contributed by atoms with Crippen LogP contribution in [0.5, 0.6) is 0 Å². The largest absolute Gasteiger partial charge is 0.396 e. The molecule has 2 nitrogen and oxygen atoms in total. The number of nitrogens with zero attached hydrogens (tertiary/aromatic N) is 1. The second kappa shape index (κ2) is 6.75. The lowest BCUT2D eigenvalue weighted by atomic mass is 9.80. The lowest BCUT2D eigenvalue weighted by molar-refractivity contribution is 0.0534. The van der Waals surface area contributed by atoms with E-state index in [0.29, 0.717) is 6.61 Å². The minimum atomic E-state index is 0.375. The smallest absolute Gasteiger partial charge is 0.0434 e. The van der Waals surface area contributed by atoms with Crippen molar-refractivity contribution in [3.05, 3.63) is 0 Å². The highest BCUT2D eigenvalue weighted by atomic mass is 16.3. The molecule has 1 saturated carbocycles. The second-order valence-corrected chi connectivity index (χ2v) is 6.04. The van der Waals surface area contributed by atoms with Gasteiger partial charge in [-0.15, -0.1) is 0 Å². The molecule has 1 N–H and O–H groups in total. The van der Waals surface area contributed by atoms with E-state index >= 15 is 0 Å². The Balaban J connectivity index is 1.90. The van der Waals surface area contributed by atoms with Crippen molar-refractivity contribution in [3.8, 4) is 0 Å². The Morgan fingerprint density at radius 2 is 1.94 bits per heavy atom. The number of hydrogen-bond acceptors (Lipinski definition) is 2. The van der Waals surface area contributed by atoms with Crippen molar-refractivity contribution in [1.82, 2.24) is 4.90 Å². The number of likely N-dealkylation sites (tertiary alicyclic amines) is 1. The van der Waals surface area contributed by atoms with Crippen LogP contribution in [-0.4, -0.2) is 35.7 Å². The zero-order valence-corrected chi connectivity index (χ0v) is 11.4. The van der Waals surface area contributed by atoms with E-state index in [9.17, 15) is 0 Å². The first-order chi connectivity index (χ1) is 8.35. The third-order valence-electron chi connectivity index (χ3n) is 4.95. The van der Waals surface area contributed by atoms with E-state index in [1.165, 1.54) is 58.0 Å². The number of rotatable bonds is 4. The van der Waals surface area contributed by atoms with Crippen LogP contribution in [0.4, 0.5) is 0 Å². The molecule has 0 aromatic heterocycles. The summed E-state index contributed by atoms with van der Waals surface area (Å²) in [5.41, 5.74) is 0. The molecule has 0 spiro atoms. The molecule has 2 aliphatic rings. The minimum Gasteiger partial charge on any atom is -0.396 e. The maximum Gasteiger partial charge on any atom is 0.0434 e. The van der Waals surface area contributed by atoms with E-state index in [-0.39, 0.29) is 0 Å². The molecule has 1 aliphatic heterocycles. The molecule has 0 amide bonds. The summed E-state index contributed by atoms with van der Waals surface area (Å²) >= 11 is 0. The lowest BCUT2D eigenvalue weighted by Crippen LogP contribution is -2.47. The van der Waals surface area contributed by atoms with Gasteiger partial charge in [-0.2, -0.15) is 0 Å². The van der Waals surface area contributed by atoms with E-state index in [4.69, 9.17) is 5.11 Å². The van der Waals surface area contributed by atoms with Crippen molar-refractivity contribution in [2.75, 3.05) is 19.7 Å². The molecule has 0 aromatic rings. The van der Waals surface area contributed by atoms with Crippen molar-refractivity contribution in [2.24, 2.45) is 11.8 Å². The Morgan fingerprint density at radius 1 is 1.12 bits per heavy atom. The molecule has 2 rings (SSSR count). The first-order valence-corrected chi connectivity index (χ1v) is 7.70. The third-order valence-corrected chi connectivity index (χ3v) is 4.95. The molecule has 1 aliphatic carbocycles. The number of piperidine rings is 1. The molecular weight excluding hydrogens is 210 g/mol. The predicted octanol–water partition coefficient (Wildman–Crippen LogP) is 3.05. The van der Waals surface area contributed by atoms with Crippen LogP contribution < -0.4 is 0 Å². The van der Waals surface area contributed by atoms with Gasteiger partial charge in [-0.25, -0.2) is 0 Å². The number of hydrogen-bond donors (Lipinski definition) is 1. The standard InChI is InChI=1S/C15H29NO/c1-2-14-7-3-4-8-15(14)16-10-5-6-13(12-16)9-11-17/h13-15,17H,2-12H2,1H3. The van der Waals surface area contributed by atoms with Crippen molar-refractivity contribution in [1.29, 1.82) is 0 Å². The van der Waals surface area contributed by atoms with Gasteiger partial charge < -0.3 is 5.11 Å². The molecule has 2 fully saturated rings. The molecule has 0 bridgehead atoms. The fourth-order valence-corrected chi connectivity index (χ4v) is 3.96. The van der Waals surface area contributed by atoms with E-state index in [0.717, 1.165) is 24.3 Å². The molecule has 2 heteroatoms. The zero-order chi connectivity index (χ0) is 12.1. The first-order valence-electron chi connectivity index (χ1n) is 7.70. The Kier molecular flexibility index (Phi) is 5.30. The summed E-state index contributed by atoms with van der Waals surface area (Å²) in [6.45, 7) is 5.29. The molecule has 100 valence electrons. The Bertz CT molecular complexity index is 217. The minimum absolute atomic E-state index is 0.375. The van der Waals surface area contributed by atoms with Crippen LogP contribution in [0.15, 0.2) is 0 Å². The normalized spacial score (nSPS) is 36.0. The first kappa shape index (κ1) is 13.4. The summed E-state index contributed by atoms with van der Waals surface area (Å²) in [5.74, 6) is 1.70. The Hall–Kier alpha value is -0.0800. The van der Waals surface area contributed by atoms with Crippen LogP contribution in [0.3, 0.4) is 0 Å². The summed E-state index contributed by atoms with van der Waals surface area (Å²) in [5, 5.41) is 9.09. The van der Waals surface area contributed by atoms with Crippen molar-refractivity contribution in [3.63, 3.8) is 0 Å². The number of aliphatic hydroxyl groups is 1. The van der Waals surface area contributed by atoms with Gasteiger partial charge in [0.25, 0.3) is 0 Å². The Morgan fingerprint density at radius 3 is 2.71 bits per heavy atom. The summed E-state index contributed by atoms with van der Waals surface area (Å²) in [6, 6.07) is 0.857. The van der Waals surface area contributed by atoms with Crippen molar-refractivity contribution < 1.29 is 5.11 Å². The topological polar surface area (TPSA) is 23.5 Å². The second-order valence-electron chi connectivity index (χ2n) is 6.04. The molecule has 0 radical (unpaired) electrons. The molecule has 1 heterocycles. The SMILES string of the molecule is CCC1CCCCC1N1CCCC(CCO)C1. The molecule has 0 aromatic carbocycles. The fourth-order valence-electron chi connectivity index (χ4n) is 3.96. The predicted molar refractivity (Wildman–Crippen MR) is 72.0 cm³/mol. The van der Waals surface area contributed by atoms with Gasteiger partial charge in [0, 0.05) is 19.2 Å². The highest BCUT2D eigenvalue weighted by molar-refractivity contribution is 4.86. The van der Waals surface area contributed by atoms with Gasteiger partial charge in [0.15, 0.2) is 0 Å². The van der Waals surface area contributed by atoms with Crippen LogP contribution in [0.2, 0.25) is 0 Å². The zero-order valence-electron chi connectivity index (χ0n) is 11.4.